The molecule has 0 aromatic carbocycles. The Hall–Kier alpha value is -0.930. The highest BCUT2D eigenvalue weighted by molar-refractivity contribution is 5.69. The third-order valence-electron chi connectivity index (χ3n) is 5.18. The third kappa shape index (κ3) is 6.07. The quantitative estimate of drug-likeness (QED) is 0.140. The average Bonchev–Trinajstić information content (AvgIpc) is 2.73. The summed E-state index contributed by atoms with van der Waals surface area (Å²) in [5.74, 6) is -0.508. The predicted octanol–water partition coefficient (Wildman–Crippen LogP) is -3.27. The first-order chi connectivity index (χ1) is 14.2. The van der Waals surface area contributed by atoms with Crippen molar-refractivity contribution >= 4 is 5.97 Å². The lowest BCUT2D eigenvalue weighted by Crippen LogP contribution is -2.63. The van der Waals surface area contributed by atoms with Crippen molar-refractivity contribution in [2.75, 3.05) is 13.2 Å². The summed E-state index contributed by atoms with van der Waals surface area (Å²) in [6.45, 7) is 0.890. The largest absolute Gasteiger partial charge is 0.463 e. The maximum atomic E-state index is 11.8. The van der Waals surface area contributed by atoms with E-state index in [1.807, 2.05) is 6.92 Å². The molecule has 0 bridgehead atoms. The first-order valence-electron chi connectivity index (χ1n) is 10.0. The van der Waals surface area contributed by atoms with Crippen molar-refractivity contribution in [2.24, 2.45) is 0 Å². The normalized spacial score (nSPS) is 42.1. The van der Waals surface area contributed by atoms with Gasteiger partial charge >= 0.3 is 5.97 Å². The van der Waals surface area contributed by atoms with Gasteiger partial charge in [0.1, 0.15) is 55.4 Å². The zero-order valence-corrected chi connectivity index (χ0v) is 16.7. The van der Waals surface area contributed by atoms with Gasteiger partial charge in [0.05, 0.1) is 6.61 Å². The molecule has 12 heteroatoms. The summed E-state index contributed by atoms with van der Waals surface area (Å²) >= 11 is 0. The smallest absolute Gasteiger partial charge is 0.305 e. The molecule has 12 nitrogen and oxygen atoms in total. The first kappa shape index (κ1) is 25.3. The van der Waals surface area contributed by atoms with Crippen LogP contribution in [0.1, 0.15) is 32.6 Å². The molecule has 0 aromatic rings. The fraction of sp³-hybridized carbons (Fsp3) is 0.944. The van der Waals surface area contributed by atoms with Crippen molar-refractivity contribution in [2.45, 2.75) is 94.0 Å². The Morgan fingerprint density at radius 2 is 1.33 bits per heavy atom. The zero-order valence-electron chi connectivity index (χ0n) is 16.7. The molecule has 9 unspecified atom stereocenters. The van der Waals surface area contributed by atoms with E-state index < -0.39 is 80.6 Å². The Bertz CT molecular complexity index is 531. The molecule has 2 saturated heterocycles. The van der Waals surface area contributed by atoms with Crippen LogP contribution in [0.5, 0.6) is 0 Å². The van der Waals surface area contributed by atoms with Gasteiger partial charge < -0.3 is 54.7 Å². The highest BCUT2D eigenvalue weighted by Crippen LogP contribution is 2.28. The molecule has 2 heterocycles. The molecule has 0 radical (unpaired) electrons. The molecule has 176 valence electrons. The maximum absolute atomic E-state index is 11.8. The van der Waals surface area contributed by atoms with Crippen LogP contribution in [0.2, 0.25) is 0 Å². The highest BCUT2D eigenvalue weighted by atomic mass is 16.8. The minimum Gasteiger partial charge on any atom is -0.463 e. The standard InChI is InChI=1S/C18H32O12/c1-2-3-4-5-10(20)27-7-9-12(22)14(24)16(26)18(29-9)30-17-15(25)13(23)11(21)8(6-19)28-17/h8-9,11-19,21-26H,2-7H2,1H3/t8?,9?,11?,12?,13?,14-,15?,16?,17?,18?/m0/s1. The van der Waals surface area contributed by atoms with Gasteiger partial charge in [-0.05, 0) is 6.42 Å². The van der Waals surface area contributed by atoms with Crippen LogP contribution in [-0.4, -0.2) is 116 Å². The third-order valence-corrected chi connectivity index (χ3v) is 5.18. The van der Waals surface area contributed by atoms with E-state index in [9.17, 15) is 40.5 Å². The summed E-state index contributed by atoms with van der Waals surface area (Å²) in [5, 5.41) is 69.2. The van der Waals surface area contributed by atoms with Crippen molar-refractivity contribution in [3.05, 3.63) is 0 Å². The Balaban J connectivity index is 1.97. The van der Waals surface area contributed by atoms with Crippen molar-refractivity contribution in [3.63, 3.8) is 0 Å². The van der Waals surface area contributed by atoms with Gasteiger partial charge in [-0.3, -0.25) is 4.79 Å². The van der Waals surface area contributed by atoms with Crippen LogP contribution >= 0.6 is 0 Å². The van der Waals surface area contributed by atoms with Crippen molar-refractivity contribution in [3.8, 4) is 0 Å². The maximum Gasteiger partial charge on any atom is 0.305 e. The number of carbonyl (C=O) groups is 1. The number of hydrogen-bond donors (Lipinski definition) is 7. The number of unbranched alkanes of at least 4 members (excludes halogenated alkanes) is 2. The van der Waals surface area contributed by atoms with Crippen LogP contribution in [0.15, 0.2) is 0 Å². The molecular formula is C18H32O12. The lowest BCUT2D eigenvalue weighted by atomic mass is 9.98. The second-order valence-corrected chi connectivity index (χ2v) is 7.49. The summed E-state index contributed by atoms with van der Waals surface area (Å²) in [5.41, 5.74) is 0. The number of rotatable bonds is 9. The van der Waals surface area contributed by atoms with Gasteiger partial charge in [-0.2, -0.15) is 0 Å². The van der Waals surface area contributed by atoms with Gasteiger partial charge in [-0.15, -0.1) is 0 Å². The number of carbonyl (C=O) groups excluding carboxylic acids is 1. The number of aliphatic hydroxyl groups excluding tert-OH is 7. The van der Waals surface area contributed by atoms with E-state index in [1.165, 1.54) is 0 Å². The van der Waals surface area contributed by atoms with E-state index in [2.05, 4.69) is 0 Å². The van der Waals surface area contributed by atoms with Gasteiger partial charge in [-0.1, -0.05) is 19.8 Å². The minimum absolute atomic E-state index is 0.187. The Kier molecular flexibility index (Phi) is 9.81. The Morgan fingerprint density at radius 3 is 1.87 bits per heavy atom. The zero-order chi connectivity index (χ0) is 22.4. The molecule has 30 heavy (non-hydrogen) atoms. The van der Waals surface area contributed by atoms with Crippen molar-refractivity contribution in [1.82, 2.24) is 0 Å². The molecule has 7 N–H and O–H groups in total. The molecule has 0 spiro atoms. The summed E-state index contributed by atoms with van der Waals surface area (Å²) in [6.07, 6.45) is -13.3. The van der Waals surface area contributed by atoms with E-state index in [0.29, 0.717) is 6.42 Å². The van der Waals surface area contributed by atoms with Crippen LogP contribution in [0.3, 0.4) is 0 Å². The van der Waals surface area contributed by atoms with Crippen molar-refractivity contribution < 1.29 is 59.5 Å². The monoisotopic (exact) mass is 440 g/mol. The average molecular weight is 440 g/mol. The lowest BCUT2D eigenvalue weighted by Gasteiger charge is -2.44. The van der Waals surface area contributed by atoms with Gasteiger partial charge in [0.25, 0.3) is 0 Å². The molecule has 2 aliphatic rings. The van der Waals surface area contributed by atoms with E-state index in [4.69, 9.17) is 18.9 Å². The molecule has 2 fully saturated rings. The number of aliphatic hydroxyl groups is 7. The second-order valence-electron chi connectivity index (χ2n) is 7.49. The highest BCUT2D eigenvalue weighted by Gasteiger charge is 2.49. The Labute approximate surface area is 173 Å². The second kappa shape index (κ2) is 11.6. The van der Waals surface area contributed by atoms with Crippen LogP contribution < -0.4 is 0 Å². The summed E-state index contributed by atoms with van der Waals surface area (Å²) in [4.78, 5) is 11.8. The van der Waals surface area contributed by atoms with Crippen LogP contribution in [0.4, 0.5) is 0 Å². The van der Waals surface area contributed by atoms with E-state index in [-0.39, 0.29) is 6.42 Å². The van der Waals surface area contributed by atoms with Crippen molar-refractivity contribution in [1.29, 1.82) is 0 Å². The first-order valence-corrected chi connectivity index (χ1v) is 10.0. The molecule has 0 saturated carbocycles. The molecular weight excluding hydrogens is 408 g/mol. The van der Waals surface area contributed by atoms with Gasteiger partial charge in [0, 0.05) is 6.42 Å². The predicted molar refractivity (Wildman–Crippen MR) is 96.6 cm³/mol. The molecule has 0 amide bonds. The SMILES string of the molecule is CCCCCC(=O)OCC1OC(OC2OC(CO)C(O)C(O)C2O)C(O)[C@@H](O)C1O. The summed E-state index contributed by atoms with van der Waals surface area (Å²) < 4.78 is 20.9. The molecule has 0 aromatic heterocycles. The van der Waals surface area contributed by atoms with Crippen LogP contribution in [0.25, 0.3) is 0 Å². The van der Waals surface area contributed by atoms with Crippen LogP contribution in [-0.2, 0) is 23.7 Å². The van der Waals surface area contributed by atoms with E-state index in [0.717, 1.165) is 12.8 Å². The van der Waals surface area contributed by atoms with Crippen LogP contribution in [0, 0.1) is 0 Å². The Morgan fingerprint density at radius 1 is 0.800 bits per heavy atom. The summed E-state index contributed by atoms with van der Waals surface area (Å²) in [6, 6.07) is 0. The lowest BCUT2D eigenvalue weighted by molar-refractivity contribution is -0.376. The fourth-order valence-corrected chi connectivity index (χ4v) is 3.25. The van der Waals surface area contributed by atoms with Gasteiger partial charge in [-0.25, -0.2) is 0 Å². The molecule has 2 aliphatic heterocycles. The number of hydrogen-bond acceptors (Lipinski definition) is 12. The fourth-order valence-electron chi connectivity index (χ4n) is 3.25. The van der Waals surface area contributed by atoms with E-state index >= 15 is 0 Å². The number of esters is 1. The molecule has 10 atom stereocenters. The minimum atomic E-state index is -1.76. The topological polar surface area (TPSA) is 196 Å². The number of ether oxygens (including phenoxy) is 4. The molecule has 2 rings (SSSR count). The summed E-state index contributed by atoms with van der Waals surface area (Å²) in [7, 11) is 0. The van der Waals surface area contributed by atoms with Gasteiger partial charge in [0.15, 0.2) is 12.6 Å². The van der Waals surface area contributed by atoms with Gasteiger partial charge in [0.2, 0.25) is 0 Å². The van der Waals surface area contributed by atoms with E-state index in [1.54, 1.807) is 0 Å². The molecule has 0 aliphatic carbocycles.